The van der Waals surface area contributed by atoms with Crippen LogP contribution in [0.3, 0.4) is 0 Å². The van der Waals surface area contributed by atoms with E-state index >= 15 is 0 Å². The standard InChI is InChI=1S/C36H47ClN4O7S/c1-39-16-4-3-9-32(42)30-14-11-26(30)23-40-17-5-2-8-25-20-29(37)13-10-27(25)24-48-33-15-12-28(21-31(33)40)36(45,22-34(39)43)35(44)38-49(46,47)41-18-6-7-19-41/h3,9-10,12-13,15,20-21,26,30,32,42,45H,2,4-8,11,14,16-19,22-24H2,1H3,(H,38,44)/b9-3+/t26-,30+,32-,36+/m0/s1. The van der Waals surface area contributed by atoms with E-state index < -0.39 is 40.1 Å². The first-order chi connectivity index (χ1) is 23.4. The van der Waals surface area contributed by atoms with Gasteiger partial charge in [-0.05, 0) is 104 Å². The Kier molecular flexibility index (Phi) is 10.9. The Bertz CT molecular complexity index is 1680. The predicted octanol–water partition coefficient (Wildman–Crippen LogP) is 3.90. The number of rotatable bonds is 3. The third kappa shape index (κ3) is 7.93. The molecule has 2 amide bonds. The first kappa shape index (κ1) is 35.7. The highest BCUT2D eigenvalue weighted by Gasteiger charge is 2.45. The van der Waals surface area contributed by atoms with Gasteiger partial charge in [-0.25, -0.2) is 4.72 Å². The second-order valence-corrected chi connectivity index (χ2v) is 16.0. The normalized spacial score (nSPS) is 27.9. The highest BCUT2D eigenvalue weighted by atomic mass is 35.5. The van der Waals surface area contributed by atoms with Gasteiger partial charge in [-0.2, -0.15) is 12.7 Å². The van der Waals surface area contributed by atoms with Gasteiger partial charge in [0, 0.05) is 44.8 Å². The average Bonchev–Trinajstić information content (AvgIpc) is 3.60. The van der Waals surface area contributed by atoms with Gasteiger partial charge in [0.05, 0.1) is 18.2 Å². The summed E-state index contributed by atoms with van der Waals surface area (Å²) in [6, 6.07) is 10.7. The van der Waals surface area contributed by atoms with Crippen LogP contribution in [-0.2, 0) is 38.4 Å². The van der Waals surface area contributed by atoms with E-state index in [0.29, 0.717) is 55.4 Å². The number of hydrogen-bond acceptors (Lipinski definition) is 8. The fourth-order valence-corrected chi connectivity index (χ4v) is 8.85. The number of fused-ring (bicyclic) bond motifs is 3. The number of aliphatic hydroxyl groups excluding tert-OH is 1. The van der Waals surface area contributed by atoms with E-state index in [-0.39, 0.29) is 37.1 Å². The van der Waals surface area contributed by atoms with Crippen molar-refractivity contribution in [2.75, 3.05) is 44.7 Å². The topological polar surface area (TPSA) is 140 Å². The molecule has 0 aromatic heterocycles. The predicted molar refractivity (Wildman–Crippen MR) is 187 cm³/mol. The van der Waals surface area contributed by atoms with Crippen molar-refractivity contribution < 1.29 is 33.0 Å². The van der Waals surface area contributed by atoms with Crippen LogP contribution in [0.2, 0.25) is 5.02 Å². The second-order valence-electron chi connectivity index (χ2n) is 13.9. The molecule has 1 aliphatic carbocycles. The maximum absolute atomic E-state index is 14.0. The number of anilines is 1. The van der Waals surface area contributed by atoms with E-state index in [1.54, 1.807) is 25.3 Å². The lowest BCUT2D eigenvalue weighted by atomic mass is 9.70. The molecule has 3 heterocycles. The molecule has 11 nitrogen and oxygen atoms in total. The molecule has 0 radical (unpaired) electrons. The summed E-state index contributed by atoms with van der Waals surface area (Å²) < 4.78 is 36.2. The quantitative estimate of drug-likeness (QED) is 0.407. The third-order valence-corrected chi connectivity index (χ3v) is 12.3. The van der Waals surface area contributed by atoms with E-state index in [2.05, 4.69) is 9.62 Å². The van der Waals surface area contributed by atoms with Gasteiger partial charge in [-0.15, -0.1) is 0 Å². The third-order valence-electron chi connectivity index (χ3n) is 10.6. The number of aliphatic hydroxyl groups is 2. The Morgan fingerprint density at radius 2 is 1.80 bits per heavy atom. The molecular weight excluding hydrogens is 668 g/mol. The van der Waals surface area contributed by atoms with Crippen LogP contribution in [0, 0.1) is 11.8 Å². The SMILES string of the molecule is CN1CC/C=C/[C@H](O)[C@@H]2CC[C@H]2CN2CCCCc3cc(Cl)ccc3COc3ccc(cc32)[C@@](O)(C(=O)NS(=O)(=O)N2CCCC2)CC1=O. The Morgan fingerprint density at radius 1 is 1.02 bits per heavy atom. The van der Waals surface area contributed by atoms with Crippen LogP contribution in [0.1, 0.15) is 68.1 Å². The van der Waals surface area contributed by atoms with Crippen LogP contribution >= 0.6 is 11.6 Å². The van der Waals surface area contributed by atoms with Crippen LogP contribution in [-0.4, -0.2) is 85.5 Å². The zero-order valence-corrected chi connectivity index (χ0v) is 29.6. The van der Waals surface area contributed by atoms with Crippen molar-refractivity contribution in [2.24, 2.45) is 11.8 Å². The number of halogens is 1. The molecule has 2 bridgehead atoms. The number of hydrogen-bond donors (Lipinski definition) is 3. The molecule has 1 saturated heterocycles. The number of aryl methyl sites for hydroxylation is 1. The summed E-state index contributed by atoms with van der Waals surface area (Å²) in [5.74, 6) is -0.920. The van der Waals surface area contributed by atoms with Crippen LogP contribution in [0.4, 0.5) is 5.69 Å². The molecule has 0 spiro atoms. The van der Waals surface area contributed by atoms with Gasteiger partial charge >= 0.3 is 10.2 Å². The van der Waals surface area contributed by atoms with Crippen molar-refractivity contribution in [3.63, 3.8) is 0 Å². The molecule has 6 rings (SSSR count). The minimum atomic E-state index is -4.25. The molecule has 49 heavy (non-hydrogen) atoms. The van der Waals surface area contributed by atoms with E-state index in [0.717, 1.165) is 43.2 Å². The van der Waals surface area contributed by atoms with Gasteiger partial charge in [0.2, 0.25) is 5.91 Å². The maximum atomic E-state index is 14.0. The highest BCUT2D eigenvalue weighted by molar-refractivity contribution is 7.87. The lowest BCUT2D eigenvalue weighted by molar-refractivity contribution is -0.148. The molecule has 2 fully saturated rings. The van der Waals surface area contributed by atoms with Gasteiger partial charge < -0.3 is 24.7 Å². The lowest BCUT2D eigenvalue weighted by Gasteiger charge is -2.43. The minimum absolute atomic E-state index is 0.0687. The van der Waals surface area contributed by atoms with Gasteiger partial charge in [-0.1, -0.05) is 35.9 Å². The number of nitrogens with zero attached hydrogens (tertiary/aromatic N) is 3. The fourth-order valence-electron chi connectivity index (χ4n) is 7.38. The van der Waals surface area contributed by atoms with Crippen LogP contribution in [0.25, 0.3) is 0 Å². The number of carbonyl (C=O) groups excluding carboxylic acids is 2. The van der Waals surface area contributed by atoms with Crippen molar-refractivity contribution in [2.45, 2.75) is 76.1 Å². The molecule has 1 saturated carbocycles. The number of amides is 2. The second kappa shape index (κ2) is 15.0. The molecule has 3 N–H and O–H groups in total. The highest BCUT2D eigenvalue weighted by Crippen LogP contribution is 2.42. The summed E-state index contributed by atoms with van der Waals surface area (Å²) in [5, 5.41) is 24.0. The smallest absolute Gasteiger partial charge is 0.303 e. The van der Waals surface area contributed by atoms with Gasteiger partial charge in [0.25, 0.3) is 5.91 Å². The van der Waals surface area contributed by atoms with E-state index in [4.69, 9.17) is 16.3 Å². The molecule has 4 atom stereocenters. The zero-order valence-electron chi connectivity index (χ0n) is 28.0. The van der Waals surface area contributed by atoms with Crippen LogP contribution in [0.5, 0.6) is 5.75 Å². The van der Waals surface area contributed by atoms with Crippen molar-refractivity contribution >= 4 is 39.3 Å². The summed E-state index contributed by atoms with van der Waals surface area (Å²) in [6.07, 6.45) is 8.60. The summed E-state index contributed by atoms with van der Waals surface area (Å²) in [7, 11) is -2.67. The van der Waals surface area contributed by atoms with Gasteiger partial charge in [0.15, 0.2) is 5.60 Å². The largest absolute Gasteiger partial charge is 0.487 e. The number of benzene rings is 2. The summed E-state index contributed by atoms with van der Waals surface area (Å²) in [6.45, 7) is 2.36. The van der Waals surface area contributed by atoms with Crippen molar-refractivity contribution in [1.29, 1.82) is 0 Å². The zero-order chi connectivity index (χ0) is 34.8. The molecule has 13 heteroatoms. The van der Waals surface area contributed by atoms with E-state index in [9.17, 15) is 28.2 Å². The summed E-state index contributed by atoms with van der Waals surface area (Å²) in [4.78, 5) is 31.2. The van der Waals surface area contributed by atoms with Crippen LogP contribution < -0.4 is 14.4 Å². The number of carbonyl (C=O) groups is 2. The molecule has 2 aromatic carbocycles. The van der Waals surface area contributed by atoms with Crippen molar-refractivity contribution in [3.05, 3.63) is 70.3 Å². The summed E-state index contributed by atoms with van der Waals surface area (Å²) in [5.41, 5.74) is 0.345. The minimum Gasteiger partial charge on any atom is -0.487 e. The lowest BCUT2D eigenvalue weighted by Crippen LogP contribution is -2.52. The maximum Gasteiger partial charge on any atom is 0.303 e. The first-order valence-electron chi connectivity index (χ1n) is 17.4. The molecule has 0 unspecified atom stereocenters. The molecular formula is C36H47ClN4O7S. The monoisotopic (exact) mass is 714 g/mol. The molecule has 3 aliphatic heterocycles. The van der Waals surface area contributed by atoms with Crippen LogP contribution in [0.15, 0.2) is 48.6 Å². The number of ether oxygens (including phenoxy) is 1. The van der Waals surface area contributed by atoms with E-state index in [1.165, 1.54) is 15.3 Å². The van der Waals surface area contributed by atoms with Crippen molar-refractivity contribution in [3.8, 4) is 5.75 Å². The molecule has 2 aromatic rings. The van der Waals surface area contributed by atoms with Crippen molar-refractivity contribution in [1.82, 2.24) is 13.9 Å². The molecule has 4 aliphatic rings. The Morgan fingerprint density at radius 3 is 2.55 bits per heavy atom. The summed E-state index contributed by atoms with van der Waals surface area (Å²) >= 11 is 6.35. The Balaban J connectivity index is 1.43. The van der Waals surface area contributed by atoms with Gasteiger partial charge in [0.1, 0.15) is 12.4 Å². The first-order valence-corrected chi connectivity index (χ1v) is 19.2. The fraction of sp³-hybridized carbons (Fsp3) is 0.556. The van der Waals surface area contributed by atoms with E-state index in [1.807, 2.05) is 24.3 Å². The number of nitrogens with one attached hydrogen (secondary N) is 1. The van der Waals surface area contributed by atoms with Gasteiger partial charge in [-0.3, -0.25) is 9.59 Å². The Labute approximate surface area is 294 Å². The Hall–Kier alpha value is -3.16. The average molecular weight is 715 g/mol. The molecule has 266 valence electrons.